The first-order valence-corrected chi connectivity index (χ1v) is 12.2. The van der Waals surface area contributed by atoms with Gasteiger partial charge in [0.05, 0.1) is 11.2 Å². The van der Waals surface area contributed by atoms with Crippen molar-refractivity contribution < 1.29 is 22.4 Å². The number of nitrogens with zero attached hydrogens (tertiary/aromatic N) is 3. The molecule has 1 N–H and O–H groups in total. The minimum atomic E-state index is -3.64. The van der Waals surface area contributed by atoms with Crippen LogP contribution >= 0.6 is 0 Å². The van der Waals surface area contributed by atoms with E-state index in [4.69, 9.17) is 4.42 Å². The fourth-order valence-electron chi connectivity index (χ4n) is 4.13. The van der Waals surface area contributed by atoms with E-state index in [2.05, 4.69) is 10.2 Å². The van der Waals surface area contributed by atoms with Gasteiger partial charge in [0.1, 0.15) is 6.04 Å². The van der Waals surface area contributed by atoms with Crippen molar-refractivity contribution in [3.05, 3.63) is 48.4 Å². The Bertz CT molecular complexity index is 1060. The monoisotopic (exact) mass is 460 g/mol. The minimum Gasteiger partial charge on any atom is -0.459 e. The lowest BCUT2D eigenvalue weighted by Crippen LogP contribution is -2.50. The number of likely N-dealkylation sites (N-methyl/N-ethyl adjacent to an activating group) is 1. The summed E-state index contributed by atoms with van der Waals surface area (Å²) in [6.45, 7) is 2.69. The number of amides is 2. The first-order chi connectivity index (χ1) is 15.4. The predicted molar refractivity (Wildman–Crippen MR) is 119 cm³/mol. The van der Waals surface area contributed by atoms with Crippen molar-refractivity contribution in [2.24, 2.45) is 0 Å². The SMILES string of the molecule is CN1CCN(S(=O)(=O)c2cccc(NC(=O)C3CCCCN3C(=O)c3ccco3)c2)CC1. The Balaban J connectivity index is 1.49. The number of sulfonamides is 1. The molecule has 3 heterocycles. The molecule has 32 heavy (non-hydrogen) atoms. The fraction of sp³-hybridized carbons (Fsp3) is 0.455. The quantitative estimate of drug-likeness (QED) is 0.731. The molecule has 1 atom stereocenters. The van der Waals surface area contributed by atoms with E-state index in [1.54, 1.807) is 24.3 Å². The molecule has 0 radical (unpaired) electrons. The molecule has 1 aromatic heterocycles. The molecule has 0 saturated carbocycles. The minimum absolute atomic E-state index is 0.145. The Labute approximate surface area is 188 Å². The number of hydrogen-bond donors (Lipinski definition) is 1. The number of hydrogen-bond acceptors (Lipinski definition) is 6. The van der Waals surface area contributed by atoms with Crippen LogP contribution in [0.3, 0.4) is 0 Å². The van der Waals surface area contributed by atoms with Crippen LogP contribution in [-0.4, -0.2) is 80.2 Å². The van der Waals surface area contributed by atoms with Crippen molar-refractivity contribution in [2.45, 2.75) is 30.2 Å². The normalized spacial score (nSPS) is 20.8. The van der Waals surface area contributed by atoms with Crippen LogP contribution < -0.4 is 5.32 Å². The van der Waals surface area contributed by atoms with Gasteiger partial charge in [0.15, 0.2) is 5.76 Å². The molecule has 1 aromatic carbocycles. The molecule has 2 amide bonds. The van der Waals surface area contributed by atoms with Crippen LogP contribution in [0, 0.1) is 0 Å². The summed E-state index contributed by atoms with van der Waals surface area (Å²) >= 11 is 0. The van der Waals surface area contributed by atoms with Gasteiger partial charge in [-0.2, -0.15) is 4.31 Å². The summed E-state index contributed by atoms with van der Waals surface area (Å²) in [6.07, 6.45) is 3.61. The van der Waals surface area contributed by atoms with Crippen molar-refractivity contribution in [1.29, 1.82) is 0 Å². The fourth-order valence-corrected chi connectivity index (χ4v) is 5.60. The zero-order valence-corrected chi connectivity index (χ0v) is 18.9. The zero-order valence-electron chi connectivity index (χ0n) is 18.1. The van der Waals surface area contributed by atoms with E-state index in [1.165, 1.54) is 27.6 Å². The molecule has 0 bridgehead atoms. The zero-order chi connectivity index (χ0) is 22.7. The van der Waals surface area contributed by atoms with Gasteiger partial charge in [-0.3, -0.25) is 9.59 Å². The van der Waals surface area contributed by atoms with Gasteiger partial charge in [-0.25, -0.2) is 8.42 Å². The third-order valence-corrected chi connectivity index (χ3v) is 7.89. The molecule has 2 aliphatic rings. The van der Waals surface area contributed by atoms with Crippen LogP contribution in [-0.2, 0) is 14.8 Å². The number of piperidine rings is 1. The van der Waals surface area contributed by atoms with E-state index in [0.717, 1.165) is 12.8 Å². The third kappa shape index (κ3) is 4.72. The Hall–Kier alpha value is -2.69. The van der Waals surface area contributed by atoms with Gasteiger partial charge in [0.2, 0.25) is 15.9 Å². The highest BCUT2D eigenvalue weighted by atomic mass is 32.2. The lowest BCUT2D eigenvalue weighted by Gasteiger charge is -2.34. The van der Waals surface area contributed by atoms with Gasteiger partial charge in [-0.15, -0.1) is 0 Å². The topological polar surface area (TPSA) is 103 Å². The summed E-state index contributed by atoms with van der Waals surface area (Å²) in [4.78, 5) is 29.6. The van der Waals surface area contributed by atoms with E-state index < -0.39 is 16.1 Å². The molecule has 10 heteroatoms. The Morgan fingerprint density at radius 1 is 1.03 bits per heavy atom. The second-order valence-electron chi connectivity index (χ2n) is 8.21. The van der Waals surface area contributed by atoms with Gasteiger partial charge in [-0.05, 0) is 56.6 Å². The number of rotatable bonds is 5. The van der Waals surface area contributed by atoms with E-state index in [1.807, 2.05) is 7.05 Å². The van der Waals surface area contributed by atoms with Crippen LogP contribution in [0.25, 0.3) is 0 Å². The smallest absolute Gasteiger partial charge is 0.290 e. The van der Waals surface area contributed by atoms with Gasteiger partial charge in [-0.1, -0.05) is 6.07 Å². The first kappa shape index (κ1) is 22.5. The summed E-state index contributed by atoms with van der Waals surface area (Å²) in [5.74, 6) is -0.454. The number of carbonyl (C=O) groups is 2. The molecule has 2 aliphatic heterocycles. The second-order valence-corrected chi connectivity index (χ2v) is 10.1. The van der Waals surface area contributed by atoms with Gasteiger partial charge in [0.25, 0.3) is 5.91 Å². The summed E-state index contributed by atoms with van der Waals surface area (Å²) in [5, 5.41) is 2.81. The number of benzene rings is 1. The summed E-state index contributed by atoms with van der Waals surface area (Å²) in [6, 6.07) is 8.87. The van der Waals surface area contributed by atoms with Crippen LogP contribution in [0.4, 0.5) is 5.69 Å². The molecular formula is C22H28N4O5S. The number of likely N-dealkylation sites (tertiary alicyclic amines) is 1. The van der Waals surface area contributed by atoms with Gasteiger partial charge in [0, 0.05) is 38.4 Å². The summed E-state index contributed by atoms with van der Waals surface area (Å²) in [7, 11) is -1.68. The average molecular weight is 461 g/mol. The molecule has 1 unspecified atom stereocenters. The molecule has 2 fully saturated rings. The molecule has 0 spiro atoms. The third-order valence-electron chi connectivity index (χ3n) is 6.00. The average Bonchev–Trinajstić information content (AvgIpc) is 3.34. The maximum atomic E-state index is 13.0. The van der Waals surface area contributed by atoms with Crippen molar-refractivity contribution in [1.82, 2.24) is 14.1 Å². The molecule has 4 rings (SSSR count). The Morgan fingerprint density at radius 2 is 1.81 bits per heavy atom. The molecule has 9 nitrogen and oxygen atoms in total. The lowest BCUT2D eigenvalue weighted by atomic mass is 10.0. The Kier molecular flexibility index (Phi) is 6.63. The van der Waals surface area contributed by atoms with Gasteiger partial charge >= 0.3 is 0 Å². The largest absolute Gasteiger partial charge is 0.459 e. The van der Waals surface area contributed by atoms with Gasteiger partial charge < -0.3 is 19.5 Å². The first-order valence-electron chi connectivity index (χ1n) is 10.8. The van der Waals surface area contributed by atoms with Crippen LogP contribution in [0.2, 0.25) is 0 Å². The number of furan rings is 1. The lowest BCUT2D eigenvalue weighted by molar-refractivity contribution is -0.121. The maximum absolute atomic E-state index is 13.0. The molecule has 2 saturated heterocycles. The van der Waals surface area contributed by atoms with E-state index in [0.29, 0.717) is 44.8 Å². The highest BCUT2D eigenvalue weighted by Gasteiger charge is 2.34. The van der Waals surface area contributed by atoms with Crippen molar-refractivity contribution in [3.63, 3.8) is 0 Å². The predicted octanol–water partition coefficient (Wildman–Crippen LogP) is 1.85. The van der Waals surface area contributed by atoms with E-state index in [9.17, 15) is 18.0 Å². The van der Waals surface area contributed by atoms with E-state index >= 15 is 0 Å². The highest BCUT2D eigenvalue weighted by molar-refractivity contribution is 7.89. The van der Waals surface area contributed by atoms with Crippen LogP contribution in [0.15, 0.2) is 52.0 Å². The van der Waals surface area contributed by atoms with Crippen LogP contribution in [0.5, 0.6) is 0 Å². The summed E-state index contributed by atoms with van der Waals surface area (Å²) < 4.78 is 32.8. The number of carbonyl (C=O) groups excluding carboxylic acids is 2. The standard InChI is InChI=1S/C22H28N4O5S/c1-24-11-13-25(14-12-24)32(29,30)18-7-4-6-17(16-18)23-21(27)19-8-2-3-10-26(19)22(28)20-9-5-15-31-20/h4-7,9,15-16,19H,2-3,8,10-14H2,1H3,(H,23,27). The second kappa shape index (κ2) is 9.43. The summed E-state index contributed by atoms with van der Waals surface area (Å²) in [5.41, 5.74) is 0.390. The van der Waals surface area contributed by atoms with Crippen molar-refractivity contribution in [2.75, 3.05) is 45.1 Å². The molecular weight excluding hydrogens is 432 g/mol. The van der Waals surface area contributed by atoms with Crippen molar-refractivity contribution >= 4 is 27.5 Å². The molecule has 2 aromatic rings. The highest BCUT2D eigenvalue weighted by Crippen LogP contribution is 2.24. The number of anilines is 1. The van der Waals surface area contributed by atoms with Crippen LogP contribution in [0.1, 0.15) is 29.8 Å². The van der Waals surface area contributed by atoms with Crippen molar-refractivity contribution in [3.8, 4) is 0 Å². The number of piperazine rings is 1. The molecule has 172 valence electrons. The molecule has 0 aliphatic carbocycles. The van der Waals surface area contributed by atoms with E-state index in [-0.39, 0.29) is 22.5 Å². The maximum Gasteiger partial charge on any atom is 0.290 e. The Morgan fingerprint density at radius 3 is 2.53 bits per heavy atom. The number of nitrogens with one attached hydrogen (secondary N) is 1.